The normalized spacial score (nSPS) is 11.5. The van der Waals surface area contributed by atoms with Crippen LogP contribution in [0.4, 0.5) is 0 Å². The number of benzene rings is 1. The van der Waals surface area contributed by atoms with Gasteiger partial charge in [0.15, 0.2) is 0 Å². The topological polar surface area (TPSA) is 42.0 Å². The van der Waals surface area contributed by atoms with Crippen LogP contribution in [-0.2, 0) is 11.2 Å². The van der Waals surface area contributed by atoms with Gasteiger partial charge in [-0.1, -0.05) is 24.3 Å². The van der Waals surface area contributed by atoms with Crippen molar-refractivity contribution in [1.82, 2.24) is 10.3 Å². The van der Waals surface area contributed by atoms with Gasteiger partial charge in [0.2, 0.25) is 5.91 Å². The van der Waals surface area contributed by atoms with Crippen molar-refractivity contribution >= 4 is 28.8 Å². The van der Waals surface area contributed by atoms with Crippen molar-refractivity contribution in [2.75, 3.05) is 12.4 Å². The fourth-order valence-corrected chi connectivity index (χ4v) is 2.70. The maximum Gasteiger partial charge on any atom is 0.226 e. The highest BCUT2D eigenvalue weighted by atomic mass is 35.5. The Balaban J connectivity index is 1.88. The number of carbonyl (C=O) groups excluding carboxylic acids is 1. The molecule has 5 heteroatoms. The Bertz CT molecular complexity index is 634. The van der Waals surface area contributed by atoms with Crippen LogP contribution < -0.4 is 5.32 Å². The van der Waals surface area contributed by atoms with Crippen molar-refractivity contribution in [3.8, 4) is 11.3 Å². The van der Waals surface area contributed by atoms with Crippen molar-refractivity contribution < 1.29 is 4.79 Å². The number of aromatic nitrogens is 1. The molecule has 118 valence electrons. The van der Waals surface area contributed by atoms with Crippen molar-refractivity contribution in [2.45, 2.75) is 27.2 Å². The first-order chi connectivity index (χ1) is 10.4. The number of nitrogens with zero attached hydrogens (tertiary/aromatic N) is 1. The zero-order chi connectivity index (χ0) is 16.2. The molecule has 2 aromatic rings. The molecule has 0 fully saturated rings. The van der Waals surface area contributed by atoms with E-state index in [4.69, 9.17) is 11.6 Å². The molecule has 1 aromatic carbocycles. The number of hydrogen-bond donors (Lipinski definition) is 1. The van der Waals surface area contributed by atoms with E-state index >= 15 is 0 Å². The second kappa shape index (κ2) is 7.25. The van der Waals surface area contributed by atoms with Gasteiger partial charge in [-0.25, -0.2) is 4.98 Å². The molecule has 0 bridgehead atoms. The standard InChI is InChI=1S/C17H21ClN2OS/c1-12-20-15(10-22-12)14-6-4-13(5-7-14)8-9-19-16(21)17(2,3)11-18/h4-7,10H,8-9,11H2,1-3H3,(H,19,21). The molecule has 0 unspecified atom stereocenters. The van der Waals surface area contributed by atoms with Crippen molar-refractivity contribution in [3.63, 3.8) is 0 Å². The Kier molecular flexibility index (Phi) is 5.59. The third kappa shape index (κ3) is 4.31. The molecule has 0 radical (unpaired) electrons. The minimum absolute atomic E-state index is 0.00271. The second-order valence-corrected chi connectivity index (χ2v) is 7.30. The van der Waals surface area contributed by atoms with Gasteiger partial charge in [0.05, 0.1) is 16.1 Å². The van der Waals surface area contributed by atoms with Gasteiger partial charge in [0, 0.05) is 23.4 Å². The molecule has 1 amide bonds. The van der Waals surface area contributed by atoms with E-state index in [-0.39, 0.29) is 5.91 Å². The zero-order valence-electron chi connectivity index (χ0n) is 13.1. The van der Waals surface area contributed by atoms with Gasteiger partial charge in [-0.05, 0) is 32.8 Å². The average molecular weight is 337 g/mol. The first-order valence-electron chi connectivity index (χ1n) is 7.28. The largest absolute Gasteiger partial charge is 0.355 e. The number of alkyl halides is 1. The van der Waals surface area contributed by atoms with Crippen molar-refractivity contribution in [1.29, 1.82) is 0 Å². The molecule has 1 N–H and O–H groups in total. The lowest BCUT2D eigenvalue weighted by atomic mass is 9.95. The Hall–Kier alpha value is -1.39. The Morgan fingerprint density at radius 2 is 2.00 bits per heavy atom. The lowest BCUT2D eigenvalue weighted by Crippen LogP contribution is -2.39. The minimum Gasteiger partial charge on any atom is -0.355 e. The van der Waals surface area contributed by atoms with Crippen LogP contribution in [0, 0.1) is 12.3 Å². The fourth-order valence-electron chi connectivity index (χ4n) is 1.96. The number of rotatable bonds is 6. The maximum absolute atomic E-state index is 11.9. The molecule has 1 heterocycles. The van der Waals surface area contributed by atoms with Crippen LogP contribution in [0.1, 0.15) is 24.4 Å². The molecule has 0 saturated heterocycles. The second-order valence-electron chi connectivity index (χ2n) is 5.97. The fraction of sp³-hybridized carbons (Fsp3) is 0.412. The monoisotopic (exact) mass is 336 g/mol. The SMILES string of the molecule is Cc1nc(-c2ccc(CCNC(=O)C(C)(C)CCl)cc2)cs1. The van der Waals surface area contributed by atoms with Gasteiger partial charge >= 0.3 is 0 Å². The number of hydrogen-bond acceptors (Lipinski definition) is 3. The molecule has 0 aliphatic rings. The predicted molar refractivity (Wildman–Crippen MR) is 93.5 cm³/mol. The van der Waals surface area contributed by atoms with E-state index in [0.717, 1.165) is 22.7 Å². The van der Waals surface area contributed by atoms with Crippen LogP contribution in [0.3, 0.4) is 0 Å². The quantitative estimate of drug-likeness (QED) is 0.809. The first kappa shape index (κ1) is 17.0. The summed E-state index contributed by atoms with van der Waals surface area (Å²) in [5, 5.41) is 6.08. The Morgan fingerprint density at radius 1 is 1.32 bits per heavy atom. The summed E-state index contributed by atoms with van der Waals surface area (Å²) >= 11 is 7.45. The van der Waals surface area contributed by atoms with E-state index in [9.17, 15) is 4.79 Å². The average Bonchev–Trinajstić information content (AvgIpc) is 2.94. The molecular formula is C17H21ClN2OS. The van der Waals surface area contributed by atoms with Gasteiger partial charge in [0.25, 0.3) is 0 Å². The summed E-state index contributed by atoms with van der Waals surface area (Å²) < 4.78 is 0. The number of nitrogens with one attached hydrogen (secondary N) is 1. The summed E-state index contributed by atoms with van der Waals surface area (Å²) in [6, 6.07) is 8.33. The highest BCUT2D eigenvalue weighted by molar-refractivity contribution is 7.09. The van der Waals surface area contributed by atoms with E-state index in [1.165, 1.54) is 5.56 Å². The number of thiazole rings is 1. The molecule has 0 aliphatic heterocycles. The van der Waals surface area contributed by atoms with E-state index in [1.807, 2.05) is 20.8 Å². The van der Waals surface area contributed by atoms with Crippen LogP contribution in [-0.4, -0.2) is 23.3 Å². The molecular weight excluding hydrogens is 316 g/mol. The van der Waals surface area contributed by atoms with E-state index in [1.54, 1.807) is 11.3 Å². The van der Waals surface area contributed by atoms with Gasteiger partial charge in [-0.2, -0.15) is 0 Å². The van der Waals surface area contributed by atoms with E-state index < -0.39 is 5.41 Å². The Morgan fingerprint density at radius 3 is 2.55 bits per heavy atom. The van der Waals surface area contributed by atoms with Crippen molar-refractivity contribution in [3.05, 3.63) is 40.2 Å². The van der Waals surface area contributed by atoms with Crippen LogP contribution in [0.25, 0.3) is 11.3 Å². The summed E-state index contributed by atoms with van der Waals surface area (Å²) in [5.74, 6) is 0.317. The van der Waals surface area contributed by atoms with Gasteiger partial charge in [-0.15, -0.1) is 22.9 Å². The van der Waals surface area contributed by atoms with Crippen LogP contribution in [0.15, 0.2) is 29.6 Å². The lowest BCUT2D eigenvalue weighted by Gasteiger charge is -2.20. The smallest absolute Gasteiger partial charge is 0.226 e. The Labute approximate surface area is 140 Å². The van der Waals surface area contributed by atoms with Gasteiger partial charge in [-0.3, -0.25) is 4.79 Å². The van der Waals surface area contributed by atoms with Gasteiger partial charge in [0.1, 0.15) is 0 Å². The molecule has 0 spiro atoms. The molecule has 0 atom stereocenters. The third-order valence-electron chi connectivity index (χ3n) is 3.52. The number of halogens is 1. The number of aryl methyl sites for hydroxylation is 1. The lowest BCUT2D eigenvalue weighted by molar-refractivity contribution is -0.128. The van der Waals surface area contributed by atoms with Gasteiger partial charge < -0.3 is 5.32 Å². The molecule has 22 heavy (non-hydrogen) atoms. The number of amides is 1. The molecule has 2 rings (SSSR count). The molecule has 1 aromatic heterocycles. The van der Waals surface area contributed by atoms with E-state index in [0.29, 0.717) is 12.4 Å². The summed E-state index contributed by atoms with van der Waals surface area (Å²) in [7, 11) is 0. The summed E-state index contributed by atoms with van der Waals surface area (Å²) in [4.78, 5) is 16.4. The summed E-state index contributed by atoms with van der Waals surface area (Å²) in [5.41, 5.74) is 2.82. The first-order valence-corrected chi connectivity index (χ1v) is 8.69. The predicted octanol–water partition coefficient (Wildman–Crippen LogP) is 4.04. The maximum atomic E-state index is 11.9. The van der Waals surface area contributed by atoms with E-state index in [2.05, 4.69) is 39.9 Å². The minimum atomic E-state index is -0.520. The highest BCUT2D eigenvalue weighted by Crippen LogP contribution is 2.22. The van der Waals surface area contributed by atoms with Crippen LogP contribution in [0.2, 0.25) is 0 Å². The zero-order valence-corrected chi connectivity index (χ0v) is 14.7. The molecule has 0 aliphatic carbocycles. The molecule has 0 saturated carbocycles. The van der Waals surface area contributed by atoms with Crippen LogP contribution >= 0.6 is 22.9 Å². The van der Waals surface area contributed by atoms with Crippen LogP contribution in [0.5, 0.6) is 0 Å². The summed E-state index contributed by atoms with van der Waals surface area (Å²) in [6.07, 6.45) is 0.806. The number of carbonyl (C=O) groups is 1. The summed E-state index contributed by atoms with van der Waals surface area (Å²) in [6.45, 7) is 6.32. The third-order valence-corrected chi connectivity index (χ3v) is 4.96. The highest BCUT2D eigenvalue weighted by Gasteiger charge is 2.25. The van der Waals surface area contributed by atoms with Crippen molar-refractivity contribution in [2.24, 2.45) is 5.41 Å². The molecule has 3 nitrogen and oxygen atoms in total.